The fourth-order valence-electron chi connectivity index (χ4n) is 2.91. The molecule has 0 spiro atoms. The Morgan fingerprint density at radius 2 is 2.23 bits per heavy atom. The molecule has 1 aliphatic heterocycles. The van der Waals surface area contributed by atoms with Crippen LogP contribution in [0.25, 0.3) is 0 Å². The average molecular weight is 302 g/mol. The van der Waals surface area contributed by atoms with Gasteiger partial charge < -0.3 is 9.73 Å². The van der Waals surface area contributed by atoms with Crippen molar-refractivity contribution >= 4 is 5.91 Å². The number of furan rings is 1. The summed E-state index contributed by atoms with van der Waals surface area (Å²) >= 11 is 0. The van der Waals surface area contributed by atoms with Crippen LogP contribution in [-0.2, 0) is 13.6 Å². The molecule has 1 fully saturated rings. The van der Waals surface area contributed by atoms with Crippen LogP contribution < -0.4 is 5.32 Å². The largest absolute Gasteiger partial charge is 0.472 e. The number of rotatable bonds is 5. The lowest BCUT2D eigenvalue weighted by Gasteiger charge is -2.31. The Morgan fingerprint density at radius 1 is 1.41 bits per heavy atom. The third kappa shape index (κ3) is 3.57. The second-order valence-corrected chi connectivity index (χ2v) is 5.90. The summed E-state index contributed by atoms with van der Waals surface area (Å²) in [4.78, 5) is 14.5. The summed E-state index contributed by atoms with van der Waals surface area (Å²) in [6.45, 7) is 3.82. The van der Waals surface area contributed by atoms with Crippen molar-refractivity contribution in [3.63, 3.8) is 0 Å². The minimum absolute atomic E-state index is 0.0409. The van der Waals surface area contributed by atoms with Crippen LogP contribution in [0.15, 0.2) is 35.3 Å². The van der Waals surface area contributed by atoms with Gasteiger partial charge in [0.1, 0.15) is 5.69 Å². The molecule has 22 heavy (non-hydrogen) atoms. The van der Waals surface area contributed by atoms with E-state index < -0.39 is 0 Å². The average Bonchev–Trinajstić information content (AvgIpc) is 3.18. The van der Waals surface area contributed by atoms with Gasteiger partial charge in [0.2, 0.25) is 0 Å². The second-order valence-electron chi connectivity index (χ2n) is 5.90. The van der Waals surface area contributed by atoms with E-state index in [1.165, 1.54) is 5.56 Å². The van der Waals surface area contributed by atoms with E-state index in [-0.39, 0.29) is 5.91 Å². The number of aromatic nitrogens is 2. The van der Waals surface area contributed by atoms with Gasteiger partial charge in [-0.2, -0.15) is 5.10 Å². The van der Waals surface area contributed by atoms with Crippen molar-refractivity contribution < 1.29 is 9.21 Å². The summed E-state index contributed by atoms with van der Waals surface area (Å²) in [6, 6.07) is 3.75. The van der Waals surface area contributed by atoms with E-state index in [4.69, 9.17) is 4.42 Å². The molecule has 1 aliphatic rings. The van der Waals surface area contributed by atoms with E-state index in [0.717, 1.165) is 39.0 Å². The molecule has 1 amide bonds. The first kappa shape index (κ1) is 14.8. The maximum Gasteiger partial charge on any atom is 0.269 e. The molecule has 0 radical (unpaired) electrons. The highest BCUT2D eigenvalue weighted by atomic mass is 16.3. The van der Waals surface area contributed by atoms with Crippen LogP contribution in [0.5, 0.6) is 0 Å². The fraction of sp³-hybridized carbons (Fsp3) is 0.500. The zero-order valence-electron chi connectivity index (χ0n) is 12.9. The smallest absolute Gasteiger partial charge is 0.269 e. The van der Waals surface area contributed by atoms with Crippen molar-refractivity contribution in [2.45, 2.75) is 19.4 Å². The number of nitrogens with one attached hydrogen (secondary N) is 1. The number of piperidine rings is 1. The first-order valence-corrected chi connectivity index (χ1v) is 7.72. The molecule has 0 saturated carbocycles. The Balaban J connectivity index is 1.40. The summed E-state index contributed by atoms with van der Waals surface area (Å²) < 4.78 is 6.71. The maximum atomic E-state index is 12.1. The lowest BCUT2D eigenvalue weighted by atomic mass is 9.96. The van der Waals surface area contributed by atoms with Gasteiger partial charge in [0.25, 0.3) is 5.91 Å². The van der Waals surface area contributed by atoms with Crippen molar-refractivity contribution in [1.29, 1.82) is 0 Å². The summed E-state index contributed by atoms with van der Waals surface area (Å²) in [5.74, 6) is 0.513. The molecule has 6 heteroatoms. The van der Waals surface area contributed by atoms with Crippen molar-refractivity contribution in [2.24, 2.45) is 13.0 Å². The molecule has 0 atom stereocenters. The van der Waals surface area contributed by atoms with Gasteiger partial charge in [0.05, 0.1) is 12.5 Å². The lowest BCUT2D eigenvalue weighted by molar-refractivity contribution is 0.0926. The van der Waals surface area contributed by atoms with E-state index in [2.05, 4.69) is 15.3 Å². The summed E-state index contributed by atoms with van der Waals surface area (Å²) in [6.07, 6.45) is 7.40. The Bertz CT molecular complexity index is 597. The third-order valence-corrected chi connectivity index (χ3v) is 4.30. The first-order chi connectivity index (χ1) is 10.7. The molecule has 2 aromatic rings. The van der Waals surface area contributed by atoms with Gasteiger partial charge in [-0.05, 0) is 44.0 Å². The number of aryl methyl sites for hydroxylation is 1. The molecule has 1 saturated heterocycles. The van der Waals surface area contributed by atoms with Gasteiger partial charge in [0, 0.05) is 31.9 Å². The maximum absolute atomic E-state index is 12.1. The van der Waals surface area contributed by atoms with Crippen LogP contribution in [0.1, 0.15) is 28.9 Å². The van der Waals surface area contributed by atoms with Crippen molar-refractivity contribution in [1.82, 2.24) is 20.0 Å². The highest BCUT2D eigenvalue weighted by Gasteiger charge is 2.20. The molecule has 118 valence electrons. The minimum Gasteiger partial charge on any atom is -0.472 e. The fourth-order valence-corrected chi connectivity index (χ4v) is 2.91. The zero-order chi connectivity index (χ0) is 15.4. The molecular formula is C16H22N4O2. The predicted molar refractivity (Wildman–Crippen MR) is 82.3 cm³/mol. The van der Waals surface area contributed by atoms with Crippen LogP contribution >= 0.6 is 0 Å². The summed E-state index contributed by atoms with van der Waals surface area (Å²) in [7, 11) is 1.78. The van der Waals surface area contributed by atoms with Crippen LogP contribution in [0.3, 0.4) is 0 Å². The number of carbonyl (C=O) groups excluding carboxylic acids is 1. The van der Waals surface area contributed by atoms with E-state index in [0.29, 0.717) is 11.6 Å². The van der Waals surface area contributed by atoms with E-state index in [1.807, 2.05) is 6.07 Å². The number of hydrogen-bond acceptors (Lipinski definition) is 4. The zero-order valence-corrected chi connectivity index (χ0v) is 12.9. The second kappa shape index (κ2) is 6.79. The normalized spacial score (nSPS) is 16.8. The third-order valence-electron chi connectivity index (χ3n) is 4.30. The van der Waals surface area contributed by atoms with Crippen LogP contribution in [0.2, 0.25) is 0 Å². The van der Waals surface area contributed by atoms with Gasteiger partial charge >= 0.3 is 0 Å². The molecule has 6 nitrogen and oxygen atoms in total. The molecule has 3 heterocycles. The lowest BCUT2D eigenvalue weighted by Crippen LogP contribution is -2.38. The number of nitrogens with zero attached hydrogens (tertiary/aromatic N) is 3. The van der Waals surface area contributed by atoms with Crippen LogP contribution in [0, 0.1) is 5.92 Å². The van der Waals surface area contributed by atoms with Gasteiger partial charge in [-0.3, -0.25) is 14.4 Å². The quantitative estimate of drug-likeness (QED) is 0.912. The van der Waals surface area contributed by atoms with E-state index in [9.17, 15) is 4.79 Å². The highest BCUT2D eigenvalue weighted by Crippen LogP contribution is 2.18. The molecule has 2 aromatic heterocycles. The topological polar surface area (TPSA) is 63.3 Å². The Labute approximate surface area is 130 Å². The van der Waals surface area contributed by atoms with Crippen LogP contribution in [0.4, 0.5) is 0 Å². The standard InChI is InChI=1S/C16H22N4O2/c1-19-15(2-6-18-19)16(21)17-10-13-3-7-20(8-4-13)11-14-5-9-22-12-14/h2,5-6,9,12-13H,3-4,7-8,10-11H2,1H3,(H,17,21). The number of carbonyl (C=O) groups is 1. The monoisotopic (exact) mass is 302 g/mol. The summed E-state index contributed by atoms with van der Waals surface area (Å²) in [5.41, 5.74) is 1.83. The molecule has 3 rings (SSSR count). The molecule has 0 aromatic carbocycles. The minimum atomic E-state index is -0.0409. The molecule has 0 aliphatic carbocycles. The van der Waals surface area contributed by atoms with Crippen LogP contribution in [-0.4, -0.2) is 40.2 Å². The molecule has 1 N–H and O–H groups in total. The Morgan fingerprint density at radius 3 is 2.86 bits per heavy atom. The van der Waals surface area contributed by atoms with Gasteiger partial charge in [0.15, 0.2) is 0 Å². The van der Waals surface area contributed by atoms with E-state index >= 15 is 0 Å². The van der Waals surface area contributed by atoms with Crippen molar-refractivity contribution in [2.75, 3.05) is 19.6 Å². The Hall–Kier alpha value is -2.08. The predicted octanol–water partition coefficient (Wildman–Crippen LogP) is 1.66. The molecular weight excluding hydrogens is 280 g/mol. The first-order valence-electron chi connectivity index (χ1n) is 7.72. The molecule has 0 unspecified atom stereocenters. The SMILES string of the molecule is Cn1nccc1C(=O)NCC1CCN(Cc2ccoc2)CC1. The van der Waals surface area contributed by atoms with E-state index in [1.54, 1.807) is 36.5 Å². The van der Waals surface area contributed by atoms with Crippen molar-refractivity contribution in [3.8, 4) is 0 Å². The number of hydrogen-bond donors (Lipinski definition) is 1. The van der Waals surface area contributed by atoms with Crippen molar-refractivity contribution in [3.05, 3.63) is 42.1 Å². The van der Waals surface area contributed by atoms with Gasteiger partial charge in [-0.1, -0.05) is 0 Å². The molecule has 0 bridgehead atoms. The number of amides is 1. The highest BCUT2D eigenvalue weighted by molar-refractivity contribution is 5.92. The number of likely N-dealkylation sites (tertiary alicyclic amines) is 1. The van der Waals surface area contributed by atoms with Gasteiger partial charge in [-0.25, -0.2) is 0 Å². The Kier molecular flexibility index (Phi) is 4.58. The van der Waals surface area contributed by atoms with Gasteiger partial charge in [-0.15, -0.1) is 0 Å². The summed E-state index contributed by atoms with van der Waals surface area (Å²) in [5, 5.41) is 7.04.